The second-order valence-electron chi connectivity index (χ2n) is 4.38. The van der Waals surface area contributed by atoms with Crippen molar-refractivity contribution in [3.8, 4) is 0 Å². The Balaban J connectivity index is 2.15. The number of rotatable bonds is 6. The van der Waals surface area contributed by atoms with Gasteiger partial charge in [0.15, 0.2) is 0 Å². The molecule has 3 heteroatoms. The van der Waals surface area contributed by atoms with Crippen molar-refractivity contribution < 1.29 is 0 Å². The Kier molecular flexibility index (Phi) is 6.98. The van der Waals surface area contributed by atoms with Gasteiger partial charge >= 0.3 is 0 Å². The van der Waals surface area contributed by atoms with E-state index in [1.807, 2.05) is 0 Å². The van der Waals surface area contributed by atoms with Crippen LogP contribution < -0.4 is 5.32 Å². The SMILES string of the molecule is CCCN(CC)CCN1CCCNCC1. The van der Waals surface area contributed by atoms with Crippen LogP contribution in [0.2, 0.25) is 0 Å². The van der Waals surface area contributed by atoms with Crippen molar-refractivity contribution in [1.82, 2.24) is 15.1 Å². The van der Waals surface area contributed by atoms with Crippen molar-refractivity contribution in [1.29, 1.82) is 0 Å². The molecular weight excluding hydrogens is 186 g/mol. The highest BCUT2D eigenvalue weighted by Gasteiger charge is 2.09. The van der Waals surface area contributed by atoms with Gasteiger partial charge < -0.3 is 15.1 Å². The summed E-state index contributed by atoms with van der Waals surface area (Å²) >= 11 is 0. The first-order valence-electron chi connectivity index (χ1n) is 6.52. The van der Waals surface area contributed by atoms with E-state index in [-0.39, 0.29) is 0 Å². The minimum absolute atomic E-state index is 1.17. The van der Waals surface area contributed by atoms with Crippen LogP contribution in [-0.4, -0.2) is 62.2 Å². The van der Waals surface area contributed by atoms with Crippen molar-refractivity contribution in [3.05, 3.63) is 0 Å². The Morgan fingerprint density at radius 1 is 1.13 bits per heavy atom. The van der Waals surface area contributed by atoms with Gasteiger partial charge in [0.25, 0.3) is 0 Å². The Bertz CT molecular complexity index is 142. The third-order valence-electron chi connectivity index (χ3n) is 3.15. The van der Waals surface area contributed by atoms with Gasteiger partial charge in [-0.25, -0.2) is 0 Å². The molecule has 3 nitrogen and oxygen atoms in total. The quantitative estimate of drug-likeness (QED) is 0.710. The summed E-state index contributed by atoms with van der Waals surface area (Å²) in [5.74, 6) is 0. The molecule has 1 saturated heterocycles. The zero-order valence-corrected chi connectivity index (χ0v) is 10.5. The van der Waals surface area contributed by atoms with Crippen molar-refractivity contribution in [3.63, 3.8) is 0 Å². The highest BCUT2D eigenvalue weighted by Crippen LogP contribution is 1.97. The predicted molar refractivity (Wildman–Crippen MR) is 66.3 cm³/mol. The number of nitrogens with zero attached hydrogens (tertiary/aromatic N) is 2. The van der Waals surface area contributed by atoms with Crippen molar-refractivity contribution in [2.24, 2.45) is 0 Å². The molecule has 1 aliphatic rings. The average molecular weight is 213 g/mol. The Morgan fingerprint density at radius 3 is 2.73 bits per heavy atom. The van der Waals surface area contributed by atoms with E-state index in [1.165, 1.54) is 65.2 Å². The van der Waals surface area contributed by atoms with E-state index < -0.39 is 0 Å². The zero-order chi connectivity index (χ0) is 10.9. The molecule has 1 fully saturated rings. The molecule has 0 aromatic rings. The van der Waals surface area contributed by atoms with Crippen LogP contribution in [0.4, 0.5) is 0 Å². The molecule has 0 atom stereocenters. The number of likely N-dealkylation sites (N-methyl/N-ethyl adjacent to an activating group) is 1. The topological polar surface area (TPSA) is 18.5 Å². The van der Waals surface area contributed by atoms with Gasteiger partial charge in [0.2, 0.25) is 0 Å². The number of hydrogen-bond donors (Lipinski definition) is 1. The maximum absolute atomic E-state index is 3.45. The van der Waals surface area contributed by atoms with E-state index in [4.69, 9.17) is 0 Å². The maximum Gasteiger partial charge on any atom is 0.0110 e. The smallest absolute Gasteiger partial charge is 0.0110 e. The molecule has 0 bridgehead atoms. The minimum atomic E-state index is 1.17. The van der Waals surface area contributed by atoms with E-state index in [1.54, 1.807) is 0 Å². The minimum Gasteiger partial charge on any atom is -0.315 e. The van der Waals surface area contributed by atoms with Gasteiger partial charge in [-0.1, -0.05) is 13.8 Å². The normalized spacial score (nSPS) is 19.4. The largest absolute Gasteiger partial charge is 0.315 e. The first-order valence-corrected chi connectivity index (χ1v) is 6.52. The van der Waals surface area contributed by atoms with E-state index >= 15 is 0 Å². The predicted octanol–water partition coefficient (Wildman–Crippen LogP) is 1.01. The first kappa shape index (κ1) is 12.9. The third kappa shape index (κ3) is 5.50. The lowest BCUT2D eigenvalue weighted by Crippen LogP contribution is -2.37. The second-order valence-corrected chi connectivity index (χ2v) is 4.38. The summed E-state index contributed by atoms with van der Waals surface area (Å²) in [6.07, 6.45) is 2.58. The average Bonchev–Trinajstić information content (AvgIpc) is 2.52. The van der Waals surface area contributed by atoms with Crippen LogP contribution >= 0.6 is 0 Å². The fourth-order valence-electron chi connectivity index (χ4n) is 2.15. The Morgan fingerprint density at radius 2 is 2.00 bits per heavy atom. The van der Waals surface area contributed by atoms with Crippen LogP contribution in [0, 0.1) is 0 Å². The van der Waals surface area contributed by atoms with E-state index in [0.29, 0.717) is 0 Å². The summed E-state index contributed by atoms with van der Waals surface area (Å²) in [7, 11) is 0. The summed E-state index contributed by atoms with van der Waals surface area (Å²) in [4.78, 5) is 5.15. The molecule has 0 saturated carbocycles. The molecule has 1 N–H and O–H groups in total. The van der Waals surface area contributed by atoms with Gasteiger partial charge in [0, 0.05) is 26.2 Å². The summed E-state index contributed by atoms with van der Waals surface area (Å²) < 4.78 is 0. The lowest BCUT2D eigenvalue weighted by molar-refractivity contribution is 0.216. The Hall–Kier alpha value is -0.120. The lowest BCUT2D eigenvalue weighted by atomic mass is 10.3. The van der Waals surface area contributed by atoms with Crippen molar-refractivity contribution in [2.75, 3.05) is 52.4 Å². The van der Waals surface area contributed by atoms with Crippen LogP contribution in [-0.2, 0) is 0 Å². The number of hydrogen-bond acceptors (Lipinski definition) is 3. The van der Waals surface area contributed by atoms with Crippen LogP contribution in [0.1, 0.15) is 26.7 Å². The highest BCUT2D eigenvalue weighted by molar-refractivity contribution is 4.67. The van der Waals surface area contributed by atoms with E-state index in [0.717, 1.165) is 0 Å². The number of nitrogens with one attached hydrogen (secondary N) is 1. The molecule has 1 rings (SSSR count). The van der Waals surface area contributed by atoms with Crippen LogP contribution in [0.5, 0.6) is 0 Å². The molecule has 90 valence electrons. The molecule has 0 spiro atoms. The molecule has 0 unspecified atom stereocenters. The van der Waals surface area contributed by atoms with Gasteiger partial charge in [-0.3, -0.25) is 0 Å². The molecule has 0 aromatic carbocycles. The molecular formula is C12H27N3. The fourth-order valence-corrected chi connectivity index (χ4v) is 2.15. The standard InChI is InChI=1S/C12H27N3/c1-3-8-14(4-2)11-12-15-9-5-6-13-7-10-15/h13H,3-12H2,1-2H3. The van der Waals surface area contributed by atoms with E-state index in [9.17, 15) is 0 Å². The van der Waals surface area contributed by atoms with Crippen LogP contribution in [0.25, 0.3) is 0 Å². The van der Waals surface area contributed by atoms with Gasteiger partial charge in [0.1, 0.15) is 0 Å². The molecule has 0 radical (unpaired) electrons. The highest BCUT2D eigenvalue weighted by atomic mass is 15.2. The summed E-state index contributed by atoms with van der Waals surface area (Å²) in [6.45, 7) is 14.3. The van der Waals surface area contributed by atoms with Crippen molar-refractivity contribution >= 4 is 0 Å². The van der Waals surface area contributed by atoms with Gasteiger partial charge in [-0.05, 0) is 39.0 Å². The molecule has 1 aliphatic heterocycles. The zero-order valence-electron chi connectivity index (χ0n) is 10.5. The van der Waals surface area contributed by atoms with Gasteiger partial charge in [-0.2, -0.15) is 0 Å². The van der Waals surface area contributed by atoms with Crippen LogP contribution in [0.3, 0.4) is 0 Å². The summed E-state index contributed by atoms with van der Waals surface area (Å²) in [6, 6.07) is 0. The van der Waals surface area contributed by atoms with E-state index in [2.05, 4.69) is 29.0 Å². The lowest BCUT2D eigenvalue weighted by Gasteiger charge is -2.25. The summed E-state index contributed by atoms with van der Waals surface area (Å²) in [5, 5.41) is 3.45. The molecule has 0 aliphatic carbocycles. The third-order valence-corrected chi connectivity index (χ3v) is 3.15. The Labute approximate surface area is 94.8 Å². The monoisotopic (exact) mass is 213 g/mol. The second kappa shape index (κ2) is 8.08. The molecule has 15 heavy (non-hydrogen) atoms. The van der Waals surface area contributed by atoms with Gasteiger partial charge in [-0.15, -0.1) is 0 Å². The molecule has 1 heterocycles. The summed E-state index contributed by atoms with van der Waals surface area (Å²) in [5.41, 5.74) is 0. The van der Waals surface area contributed by atoms with Gasteiger partial charge in [0.05, 0.1) is 0 Å². The van der Waals surface area contributed by atoms with Crippen LogP contribution in [0.15, 0.2) is 0 Å². The van der Waals surface area contributed by atoms with Crippen molar-refractivity contribution in [2.45, 2.75) is 26.7 Å². The maximum atomic E-state index is 3.45. The fraction of sp³-hybridized carbons (Fsp3) is 1.00. The molecule has 0 amide bonds. The molecule has 0 aromatic heterocycles. The first-order chi connectivity index (χ1) is 7.36.